The van der Waals surface area contributed by atoms with E-state index in [9.17, 15) is 10.2 Å². The maximum atomic E-state index is 12.6. The summed E-state index contributed by atoms with van der Waals surface area (Å²) in [6.45, 7) is 24.7. The number of hydrogen-bond acceptors (Lipinski definition) is 8. The first-order valence-electron chi connectivity index (χ1n) is 20.0. The number of aliphatic hydroxyl groups is 2. The molecule has 48 heavy (non-hydrogen) atoms. The molecule has 0 bridgehead atoms. The summed E-state index contributed by atoms with van der Waals surface area (Å²) in [5.74, 6) is 2.64. The fourth-order valence-corrected chi connectivity index (χ4v) is 14.6. The molecule has 0 aromatic carbocycles. The van der Waals surface area contributed by atoms with Crippen LogP contribution in [-0.2, 0) is 18.9 Å². The topological polar surface area (TPSA) is 92.7 Å². The molecule has 8 heteroatoms. The smallest absolute Gasteiger partial charge is 0.170 e. The van der Waals surface area contributed by atoms with E-state index in [1.807, 2.05) is 20.8 Å². The Morgan fingerprint density at radius 3 is 2.44 bits per heavy atom. The third-order valence-corrected chi connectivity index (χ3v) is 17.0. The Labute approximate surface area is 290 Å². The van der Waals surface area contributed by atoms with Gasteiger partial charge in [0.25, 0.3) is 0 Å². The second-order valence-corrected chi connectivity index (χ2v) is 19.8. The van der Waals surface area contributed by atoms with E-state index in [1.54, 1.807) is 0 Å². The van der Waals surface area contributed by atoms with E-state index in [2.05, 4.69) is 44.8 Å². The second-order valence-electron chi connectivity index (χ2n) is 19.8. The van der Waals surface area contributed by atoms with Crippen molar-refractivity contribution in [2.75, 3.05) is 45.9 Å². The second kappa shape index (κ2) is 11.6. The zero-order valence-corrected chi connectivity index (χ0v) is 31.4. The van der Waals surface area contributed by atoms with Crippen LogP contribution in [-0.4, -0.2) is 103 Å². The molecule has 4 unspecified atom stereocenters. The Hall–Kier alpha value is -0.320. The predicted molar refractivity (Wildman–Crippen MR) is 185 cm³/mol. The summed E-state index contributed by atoms with van der Waals surface area (Å²) in [6, 6.07) is 0. The van der Waals surface area contributed by atoms with E-state index in [4.69, 9.17) is 18.9 Å². The number of morpholine rings is 1. The highest BCUT2D eigenvalue weighted by Crippen LogP contribution is 2.89. The van der Waals surface area contributed by atoms with Gasteiger partial charge in [-0.3, -0.25) is 4.90 Å². The molecule has 2 spiro atoms. The molecule has 8 aliphatic rings. The highest BCUT2D eigenvalue weighted by atomic mass is 16.7. The van der Waals surface area contributed by atoms with Crippen LogP contribution in [0.3, 0.4) is 0 Å². The first-order valence-corrected chi connectivity index (χ1v) is 20.0. The lowest BCUT2D eigenvalue weighted by molar-refractivity contribution is -0.249. The lowest BCUT2D eigenvalue weighted by Gasteiger charge is -2.64. The number of nitrogens with one attached hydrogen (secondary N) is 1. The van der Waals surface area contributed by atoms with Gasteiger partial charge in [0, 0.05) is 44.7 Å². The van der Waals surface area contributed by atoms with Crippen LogP contribution >= 0.6 is 0 Å². The molecule has 3 saturated heterocycles. The number of ether oxygens (including phenoxy) is 4. The zero-order valence-electron chi connectivity index (χ0n) is 31.4. The molecule has 3 N–H and O–H groups in total. The summed E-state index contributed by atoms with van der Waals surface area (Å²) >= 11 is 0. The van der Waals surface area contributed by atoms with Crippen LogP contribution < -0.4 is 5.32 Å². The average Bonchev–Trinajstić information content (AvgIpc) is 3.63. The molecule has 14 atom stereocenters. The van der Waals surface area contributed by atoms with Crippen LogP contribution in [0.2, 0.25) is 0 Å². The van der Waals surface area contributed by atoms with Crippen LogP contribution in [0.1, 0.15) is 107 Å². The van der Waals surface area contributed by atoms with Gasteiger partial charge >= 0.3 is 0 Å². The molecular weight excluding hydrogens is 604 g/mol. The van der Waals surface area contributed by atoms with Crippen LogP contribution in [0.4, 0.5) is 0 Å². The van der Waals surface area contributed by atoms with Crippen molar-refractivity contribution in [3.05, 3.63) is 0 Å². The Balaban J connectivity index is 1.01. The van der Waals surface area contributed by atoms with Crippen LogP contribution in [0, 0.1) is 56.7 Å². The number of hydrogen-bond donors (Lipinski definition) is 3. The summed E-state index contributed by atoms with van der Waals surface area (Å²) in [6.07, 6.45) is 8.20. The monoisotopic (exact) mass is 673 g/mol. The number of rotatable bonds is 8. The van der Waals surface area contributed by atoms with Gasteiger partial charge in [-0.1, -0.05) is 34.6 Å². The summed E-state index contributed by atoms with van der Waals surface area (Å²) in [5.41, 5.74) is -0.397. The first kappa shape index (κ1) is 34.7. The summed E-state index contributed by atoms with van der Waals surface area (Å²) < 4.78 is 26.3. The Kier molecular flexibility index (Phi) is 8.39. The largest absolute Gasteiger partial charge is 0.390 e. The van der Waals surface area contributed by atoms with Crippen molar-refractivity contribution in [2.45, 2.75) is 149 Å². The van der Waals surface area contributed by atoms with Gasteiger partial charge in [-0.15, -0.1) is 0 Å². The molecule has 0 aromatic rings. The van der Waals surface area contributed by atoms with Crippen LogP contribution in [0.5, 0.6) is 0 Å². The lowest BCUT2D eigenvalue weighted by atomic mass is 9.41. The maximum Gasteiger partial charge on any atom is 0.170 e. The molecule has 5 saturated carbocycles. The molecule has 8 fully saturated rings. The van der Waals surface area contributed by atoms with Gasteiger partial charge in [-0.05, 0) is 123 Å². The van der Waals surface area contributed by atoms with Crippen molar-refractivity contribution >= 4 is 0 Å². The van der Waals surface area contributed by atoms with Gasteiger partial charge in [0.2, 0.25) is 0 Å². The molecular formula is C40H68N2O6. The molecule has 3 aliphatic heterocycles. The molecule has 0 radical (unpaired) electrons. The van der Waals surface area contributed by atoms with E-state index in [-0.39, 0.29) is 40.8 Å². The van der Waals surface area contributed by atoms with Crippen molar-refractivity contribution in [3.8, 4) is 0 Å². The number of nitrogens with zero attached hydrogens (tertiary/aromatic N) is 1. The van der Waals surface area contributed by atoms with Crippen molar-refractivity contribution < 1.29 is 29.2 Å². The first-order chi connectivity index (χ1) is 22.6. The molecule has 0 amide bonds. The SMILES string of the molecule is CCO[C@@H](C1C[C@@H](C)[C@H]2C(O1)[C@H](O)[C@@]1(C)C3CC[C@H]4C(C)(C)[C@@H](O[C@H]5CN(CC6CNC6)CCO5)CC[C@@]45CC35CC[C@]21C)C(C)(C)O. The van der Waals surface area contributed by atoms with Crippen LogP contribution in [0.25, 0.3) is 0 Å². The third-order valence-electron chi connectivity index (χ3n) is 17.0. The standard InChI is InChI=1S/C40H68N2O6/c1-9-45-34(36(5,6)44)26-18-24(2)31-32(47-26)33(43)38(8)28-11-10-27-35(3,4)29(12-13-39(27)23-40(28,39)15-14-37(31,38)7)48-30-22-42(16-17-46-30)21-25-19-41-20-25/h24-34,41,43-44H,9-23H2,1-8H3/t24-,26?,27+,28?,29+,30+,31+,32?,33+,34+,37-,38-,39-,40?/m1/s1. The van der Waals surface area contributed by atoms with Gasteiger partial charge in [0.15, 0.2) is 6.29 Å². The third kappa shape index (κ3) is 4.74. The van der Waals surface area contributed by atoms with Gasteiger partial charge in [0.05, 0.1) is 36.6 Å². The molecule has 0 aromatic heterocycles. The minimum absolute atomic E-state index is 0.0272. The van der Waals surface area contributed by atoms with Crippen molar-refractivity contribution in [3.63, 3.8) is 0 Å². The lowest BCUT2D eigenvalue weighted by Crippen LogP contribution is -2.60. The Morgan fingerprint density at radius 2 is 1.75 bits per heavy atom. The number of fused-ring (bicyclic) bond motifs is 4. The summed E-state index contributed by atoms with van der Waals surface area (Å²) in [7, 11) is 0. The Morgan fingerprint density at radius 1 is 1.02 bits per heavy atom. The van der Waals surface area contributed by atoms with Gasteiger partial charge < -0.3 is 34.5 Å². The zero-order chi connectivity index (χ0) is 34.1. The van der Waals surface area contributed by atoms with Gasteiger partial charge in [0.1, 0.15) is 6.10 Å². The normalized spacial score (nSPS) is 52.2. The maximum absolute atomic E-state index is 12.6. The fraction of sp³-hybridized carbons (Fsp3) is 1.00. The summed E-state index contributed by atoms with van der Waals surface area (Å²) in [4.78, 5) is 2.57. The average molecular weight is 673 g/mol. The van der Waals surface area contributed by atoms with Gasteiger partial charge in [-0.2, -0.15) is 0 Å². The van der Waals surface area contributed by atoms with E-state index < -0.39 is 17.8 Å². The van der Waals surface area contributed by atoms with Crippen molar-refractivity contribution in [2.24, 2.45) is 56.7 Å². The van der Waals surface area contributed by atoms with E-state index in [0.29, 0.717) is 41.1 Å². The number of aliphatic hydroxyl groups excluding tert-OH is 1. The van der Waals surface area contributed by atoms with Crippen molar-refractivity contribution in [1.82, 2.24) is 10.2 Å². The predicted octanol–water partition coefficient (Wildman–Crippen LogP) is 5.24. The molecule has 274 valence electrons. The molecule has 5 aliphatic carbocycles. The Bertz CT molecular complexity index is 1220. The van der Waals surface area contributed by atoms with E-state index in [1.165, 1.54) is 38.5 Å². The fourth-order valence-electron chi connectivity index (χ4n) is 14.6. The quantitative estimate of drug-likeness (QED) is 0.323. The summed E-state index contributed by atoms with van der Waals surface area (Å²) in [5, 5.41) is 27.1. The highest BCUT2D eigenvalue weighted by Gasteiger charge is 2.84. The minimum atomic E-state index is -1.01. The van der Waals surface area contributed by atoms with Crippen LogP contribution in [0.15, 0.2) is 0 Å². The molecule has 8 rings (SSSR count). The molecule has 8 nitrogen and oxygen atoms in total. The van der Waals surface area contributed by atoms with Crippen molar-refractivity contribution in [1.29, 1.82) is 0 Å². The minimum Gasteiger partial charge on any atom is -0.390 e. The van der Waals surface area contributed by atoms with Gasteiger partial charge in [-0.25, -0.2) is 0 Å². The van der Waals surface area contributed by atoms with E-state index >= 15 is 0 Å². The van der Waals surface area contributed by atoms with E-state index in [0.717, 1.165) is 58.1 Å². The highest BCUT2D eigenvalue weighted by molar-refractivity contribution is 5.33. The molecule has 3 heterocycles.